The van der Waals surface area contributed by atoms with Crippen LogP contribution in [0.5, 0.6) is 0 Å². The minimum atomic E-state index is -0.924. The van der Waals surface area contributed by atoms with Gasteiger partial charge in [0.15, 0.2) is 5.82 Å². The Kier molecular flexibility index (Phi) is 9.42. The van der Waals surface area contributed by atoms with E-state index in [2.05, 4.69) is 20.8 Å². The predicted molar refractivity (Wildman–Crippen MR) is 176 cm³/mol. The number of alkyl carbamates (subject to hydrolysis) is 1. The first kappa shape index (κ1) is 33.3. The molecule has 11 nitrogen and oxygen atoms in total. The zero-order chi connectivity index (χ0) is 33.3. The summed E-state index contributed by atoms with van der Waals surface area (Å²) in [7, 11) is 1.60. The Labute approximate surface area is 273 Å². The maximum atomic E-state index is 13.0. The number of aromatic nitrogens is 2. The summed E-state index contributed by atoms with van der Waals surface area (Å²) in [6, 6.07) is 11.5. The molecule has 3 aromatic rings. The highest BCUT2D eigenvalue weighted by Gasteiger charge is 2.53. The Morgan fingerprint density at radius 1 is 1.04 bits per heavy atom. The second-order valence-electron chi connectivity index (χ2n) is 14.0. The van der Waals surface area contributed by atoms with Crippen LogP contribution in [-0.4, -0.2) is 67.7 Å². The van der Waals surface area contributed by atoms with Crippen molar-refractivity contribution in [3.05, 3.63) is 52.7 Å². The van der Waals surface area contributed by atoms with Gasteiger partial charge >= 0.3 is 12.2 Å². The van der Waals surface area contributed by atoms with E-state index in [1.165, 1.54) is 4.90 Å². The molecule has 0 spiro atoms. The molecule has 0 saturated heterocycles. The molecule has 2 saturated carbocycles. The van der Waals surface area contributed by atoms with Crippen LogP contribution in [0.15, 0.2) is 47.2 Å². The van der Waals surface area contributed by atoms with Gasteiger partial charge in [-0.2, -0.15) is 11.3 Å². The Balaban J connectivity index is 1.31. The second-order valence-corrected chi connectivity index (χ2v) is 14.7. The first-order valence-corrected chi connectivity index (χ1v) is 16.6. The lowest BCUT2D eigenvalue weighted by atomic mass is 9.62. The van der Waals surface area contributed by atoms with Gasteiger partial charge in [-0.25, -0.2) is 9.59 Å². The molecule has 0 atom stereocenters. The van der Waals surface area contributed by atoms with Crippen molar-refractivity contribution >= 4 is 35.2 Å². The molecule has 12 heteroatoms. The van der Waals surface area contributed by atoms with E-state index in [0.29, 0.717) is 30.8 Å². The molecule has 2 aliphatic rings. The molecule has 2 heterocycles. The minimum absolute atomic E-state index is 0.00664. The lowest BCUT2D eigenvalue weighted by Gasteiger charge is -2.52. The minimum Gasteiger partial charge on any atom is -0.465 e. The van der Waals surface area contributed by atoms with Crippen molar-refractivity contribution in [2.24, 2.45) is 5.92 Å². The van der Waals surface area contributed by atoms with E-state index in [4.69, 9.17) is 4.74 Å². The Morgan fingerprint density at radius 2 is 1.72 bits per heavy atom. The molecule has 0 unspecified atom stereocenters. The van der Waals surface area contributed by atoms with Gasteiger partial charge in [-0.3, -0.25) is 4.79 Å². The highest BCUT2D eigenvalue weighted by Crippen LogP contribution is 2.48. The standard InChI is InChI=1S/C34H43N5O6S/c1-32(2,3)45-30(41)36-34(19-33(4,44)20-34)24-10-8-22(9-11-24)29-26(23-14-15-46-18-23)17-27(37-38-29)35-28(40)16-21-6-12-25(13-7-21)39(5)31(42)43/h8-11,14-15,17-18,21,25,44H,6-7,12-13,16,19-20H2,1-5H3,(H,36,41)(H,42,43)(H,35,37,40)/t21?,25?,33-,34-. The molecule has 246 valence electrons. The number of nitrogens with one attached hydrogen (secondary N) is 2. The molecular formula is C34H43N5O6S. The zero-order valence-electron chi connectivity index (χ0n) is 27.0. The summed E-state index contributed by atoms with van der Waals surface area (Å²) in [6.45, 7) is 7.18. The van der Waals surface area contributed by atoms with Crippen LogP contribution >= 0.6 is 11.3 Å². The Bertz CT molecular complexity index is 1550. The number of anilines is 1. The van der Waals surface area contributed by atoms with Crippen LogP contribution in [0, 0.1) is 5.92 Å². The van der Waals surface area contributed by atoms with Gasteiger partial charge < -0.3 is 30.5 Å². The van der Waals surface area contributed by atoms with Gasteiger partial charge in [0, 0.05) is 43.5 Å². The first-order chi connectivity index (χ1) is 21.6. The number of aliphatic hydroxyl groups is 1. The molecule has 0 aliphatic heterocycles. The molecule has 0 bridgehead atoms. The van der Waals surface area contributed by atoms with Crippen molar-refractivity contribution in [3.8, 4) is 22.4 Å². The number of carbonyl (C=O) groups is 3. The molecule has 2 aliphatic carbocycles. The summed E-state index contributed by atoms with van der Waals surface area (Å²) >= 11 is 1.56. The van der Waals surface area contributed by atoms with Gasteiger partial charge in [0.1, 0.15) is 11.3 Å². The maximum Gasteiger partial charge on any atom is 0.408 e. The second kappa shape index (κ2) is 13.0. The van der Waals surface area contributed by atoms with Gasteiger partial charge in [-0.05, 0) is 93.3 Å². The number of ether oxygens (including phenoxy) is 1. The predicted octanol–water partition coefficient (Wildman–Crippen LogP) is 6.63. The van der Waals surface area contributed by atoms with Crippen molar-refractivity contribution in [3.63, 3.8) is 0 Å². The SMILES string of the molecule is CN(C(=O)O)C1CCC(CC(=O)Nc2cc(-c3ccsc3)c(-c3ccc([C@]4(NC(=O)OC(C)(C)C)C[C@](C)(O)C4)cc3)nn2)CC1. The molecule has 1 aromatic carbocycles. The fourth-order valence-corrected chi connectivity index (χ4v) is 7.37. The van der Waals surface area contributed by atoms with Crippen LogP contribution in [0.2, 0.25) is 0 Å². The largest absolute Gasteiger partial charge is 0.465 e. The van der Waals surface area contributed by atoms with Crippen LogP contribution in [-0.2, 0) is 15.1 Å². The van der Waals surface area contributed by atoms with E-state index < -0.39 is 28.9 Å². The molecule has 0 radical (unpaired) electrons. The van der Waals surface area contributed by atoms with E-state index in [0.717, 1.165) is 47.9 Å². The molecule has 2 fully saturated rings. The van der Waals surface area contributed by atoms with Gasteiger partial charge in [-0.15, -0.1) is 10.2 Å². The van der Waals surface area contributed by atoms with Crippen molar-refractivity contribution in [1.82, 2.24) is 20.4 Å². The number of carbonyl (C=O) groups excluding carboxylic acids is 2. The van der Waals surface area contributed by atoms with E-state index in [-0.39, 0.29) is 17.9 Å². The van der Waals surface area contributed by atoms with Crippen LogP contribution in [0.3, 0.4) is 0 Å². The third-order valence-electron chi connectivity index (χ3n) is 8.85. The Hall–Kier alpha value is -4.03. The summed E-state index contributed by atoms with van der Waals surface area (Å²) in [5.41, 5.74) is 1.79. The number of hydrogen-bond donors (Lipinski definition) is 4. The highest BCUT2D eigenvalue weighted by molar-refractivity contribution is 7.08. The lowest BCUT2D eigenvalue weighted by molar-refractivity contribution is -0.117. The van der Waals surface area contributed by atoms with Crippen LogP contribution in [0.25, 0.3) is 22.4 Å². The summed E-state index contributed by atoms with van der Waals surface area (Å²) < 4.78 is 5.51. The average Bonchev–Trinajstić information content (AvgIpc) is 3.50. The van der Waals surface area contributed by atoms with Crippen LogP contribution < -0.4 is 10.6 Å². The first-order valence-electron chi connectivity index (χ1n) is 15.6. The van der Waals surface area contributed by atoms with Crippen molar-refractivity contribution in [1.29, 1.82) is 0 Å². The fraction of sp³-hybridized carbons (Fsp3) is 0.500. The lowest BCUT2D eigenvalue weighted by Crippen LogP contribution is -2.62. The zero-order valence-corrected chi connectivity index (χ0v) is 27.8. The van der Waals surface area contributed by atoms with Crippen LogP contribution in [0.1, 0.15) is 78.2 Å². The third kappa shape index (κ3) is 7.84. The molecular weight excluding hydrogens is 606 g/mol. The number of nitrogens with zero attached hydrogens (tertiary/aromatic N) is 3. The van der Waals surface area contributed by atoms with E-state index in [1.807, 2.05) is 67.9 Å². The van der Waals surface area contributed by atoms with Gasteiger partial charge in [0.2, 0.25) is 5.91 Å². The summed E-state index contributed by atoms with van der Waals surface area (Å²) in [6.07, 6.45) is 2.67. The van der Waals surface area contributed by atoms with Crippen molar-refractivity contribution in [2.75, 3.05) is 12.4 Å². The number of rotatable bonds is 8. The number of carboxylic acid groups (broad SMARTS) is 1. The molecule has 3 amide bonds. The highest BCUT2D eigenvalue weighted by atomic mass is 32.1. The molecule has 46 heavy (non-hydrogen) atoms. The van der Waals surface area contributed by atoms with Crippen LogP contribution in [0.4, 0.5) is 15.4 Å². The Morgan fingerprint density at radius 3 is 2.28 bits per heavy atom. The molecule has 4 N–H and O–H groups in total. The summed E-state index contributed by atoms with van der Waals surface area (Å²) in [5.74, 6) is 0.410. The molecule has 2 aromatic heterocycles. The van der Waals surface area contributed by atoms with E-state index >= 15 is 0 Å². The maximum absolute atomic E-state index is 13.0. The normalized spacial score (nSPS) is 24.4. The summed E-state index contributed by atoms with van der Waals surface area (Å²) in [5, 5.41) is 38.7. The number of benzene rings is 1. The monoisotopic (exact) mass is 649 g/mol. The van der Waals surface area contributed by atoms with E-state index in [1.54, 1.807) is 25.3 Å². The third-order valence-corrected chi connectivity index (χ3v) is 9.53. The fourth-order valence-electron chi connectivity index (χ4n) is 6.71. The quantitative estimate of drug-likeness (QED) is 0.212. The van der Waals surface area contributed by atoms with E-state index in [9.17, 15) is 24.6 Å². The van der Waals surface area contributed by atoms with Crippen molar-refractivity contribution in [2.45, 2.75) is 95.4 Å². The number of hydrogen-bond acceptors (Lipinski definition) is 8. The van der Waals surface area contributed by atoms with Crippen molar-refractivity contribution < 1.29 is 29.3 Å². The summed E-state index contributed by atoms with van der Waals surface area (Å²) in [4.78, 5) is 38.3. The smallest absolute Gasteiger partial charge is 0.408 e. The van der Waals surface area contributed by atoms with Gasteiger partial charge in [-0.1, -0.05) is 24.3 Å². The van der Waals surface area contributed by atoms with Gasteiger partial charge in [0.25, 0.3) is 0 Å². The molecule has 5 rings (SSSR count). The van der Waals surface area contributed by atoms with Gasteiger partial charge in [0.05, 0.1) is 11.1 Å². The topological polar surface area (TPSA) is 154 Å². The number of amides is 3. The number of thiophene rings is 1. The average molecular weight is 650 g/mol.